The normalized spacial score (nSPS) is 12.0. The number of hydrogen-bond acceptors (Lipinski definition) is 4. The fourth-order valence-electron chi connectivity index (χ4n) is 2.33. The molecule has 0 aliphatic rings. The van der Waals surface area contributed by atoms with Crippen LogP contribution in [-0.2, 0) is 11.2 Å². The number of ether oxygens (including phenoxy) is 1. The number of carboxylic acid groups (broad SMARTS) is 1. The lowest BCUT2D eigenvalue weighted by Crippen LogP contribution is -2.31. The van der Waals surface area contributed by atoms with Crippen LogP contribution in [-0.4, -0.2) is 30.7 Å². The monoisotopic (exact) mass is 353 g/mol. The van der Waals surface area contributed by atoms with Crippen molar-refractivity contribution in [1.29, 1.82) is 0 Å². The number of halogens is 2. The summed E-state index contributed by atoms with van der Waals surface area (Å²) in [6, 6.07) is 3.60. The number of carboxylic acids is 1. The summed E-state index contributed by atoms with van der Waals surface area (Å²) in [4.78, 5) is 23.5. The van der Waals surface area contributed by atoms with Gasteiger partial charge in [0.1, 0.15) is 11.3 Å². The van der Waals surface area contributed by atoms with Crippen molar-refractivity contribution in [1.82, 2.24) is 5.32 Å². The van der Waals surface area contributed by atoms with Gasteiger partial charge in [0.15, 0.2) is 17.4 Å². The molecule has 2 rings (SSSR count). The molecule has 0 bridgehead atoms. The van der Waals surface area contributed by atoms with Crippen LogP contribution in [0.25, 0.3) is 0 Å². The molecule has 6 nitrogen and oxygen atoms in total. The number of carbonyl (C=O) groups is 2. The summed E-state index contributed by atoms with van der Waals surface area (Å²) >= 11 is 0. The second-order valence-corrected chi connectivity index (χ2v) is 5.26. The Hall–Kier alpha value is -2.74. The zero-order valence-corrected chi connectivity index (χ0v) is 13.6. The van der Waals surface area contributed by atoms with E-state index in [0.29, 0.717) is 12.0 Å². The van der Waals surface area contributed by atoms with Crippen LogP contribution in [0.15, 0.2) is 28.7 Å². The predicted molar refractivity (Wildman–Crippen MR) is 83.5 cm³/mol. The number of aryl methyl sites for hydroxylation is 1. The number of carbonyl (C=O) groups excluding carboxylic acids is 1. The van der Waals surface area contributed by atoms with Gasteiger partial charge in [-0.2, -0.15) is 0 Å². The Balaban J connectivity index is 2.25. The van der Waals surface area contributed by atoms with Crippen LogP contribution >= 0.6 is 0 Å². The molecule has 0 spiro atoms. The van der Waals surface area contributed by atoms with Crippen molar-refractivity contribution >= 4 is 11.9 Å². The number of furan rings is 1. The first-order valence-corrected chi connectivity index (χ1v) is 7.48. The second-order valence-electron chi connectivity index (χ2n) is 5.26. The summed E-state index contributed by atoms with van der Waals surface area (Å²) in [6.45, 7) is 1.70. The molecule has 0 aliphatic carbocycles. The summed E-state index contributed by atoms with van der Waals surface area (Å²) < 4.78 is 36.8. The van der Waals surface area contributed by atoms with E-state index in [1.807, 2.05) is 0 Å². The molecule has 1 atom stereocenters. The van der Waals surface area contributed by atoms with E-state index in [0.717, 1.165) is 18.2 Å². The Bertz CT molecular complexity index is 787. The first kappa shape index (κ1) is 18.6. The lowest BCUT2D eigenvalue weighted by Gasteiger charge is -2.18. The van der Waals surface area contributed by atoms with Crippen LogP contribution in [0.4, 0.5) is 8.78 Å². The third-order valence-corrected chi connectivity index (χ3v) is 3.57. The van der Waals surface area contributed by atoms with E-state index in [2.05, 4.69) is 5.32 Å². The molecule has 0 saturated carbocycles. The highest BCUT2D eigenvalue weighted by atomic mass is 19.2. The highest BCUT2D eigenvalue weighted by molar-refractivity contribution is 5.96. The first-order chi connectivity index (χ1) is 11.9. The van der Waals surface area contributed by atoms with Gasteiger partial charge in [0.05, 0.1) is 12.6 Å². The molecule has 0 aliphatic heterocycles. The van der Waals surface area contributed by atoms with Crippen molar-refractivity contribution in [2.75, 3.05) is 13.7 Å². The molecule has 25 heavy (non-hydrogen) atoms. The fourth-order valence-corrected chi connectivity index (χ4v) is 2.33. The van der Waals surface area contributed by atoms with Gasteiger partial charge in [-0.25, -0.2) is 13.6 Å². The van der Waals surface area contributed by atoms with Crippen LogP contribution in [0, 0.1) is 11.6 Å². The van der Waals surface area contributed by atoms with Crippen LogP contribution in [0.1, 0.15) is 45.2 Å². The van der Waals surface area contributed by atoms with Crippen molar-refractivity contribution < 1.29 is 32.6 Å². The van der Waals surface area contributed by atoms with E-state index in [-0.39, 0.29) is 23.7 Å². The molecule has 134 valence electrons. The smallest absolute Gasteiger partial charge is 0.339 e. The third kappa shape index (κ3) is 4.21. The molecule has 2 aromatic rings. The van der Waals surface area contributed by atoms with Crippen molar-refractivity contribution in [2.24, 2.45) is 0 Å². The van der Waals surface area contributed by atoms with Crippen molar-refractivity contribution in [2.45, 2.75) is 19.4 Å². The third-order valence-electron chi connectivity index (χ3n) is 3.57. The van der Waals surface area contributed by atoms with Gasteiger partial charge in [0, 0.05) is 19.6 Å². The van der Waals surface area contributed by atoms with Gasteiger partial charge < -0.3 is 19.6 Å². The van der Waals surface area contributed by atoms with Gasteiger partial charge in [-0.3, -0.25) is 4.79 Å². The average Bonchev–Trinajstić information content (AvgIpc) is 3.01. The van der Waals surface area contributed by atoms with Gasteiger partial charge in [-0.05, 0) is 17.7 Å². The van der Waals surface area contributed by atoms with Crippen LogP contribution < -0.4 is 5.32 Å². The Kier molecular flexibility index (Phi) is 5.87. The molecule has 0 saturated heterocycles. The zero-order valence-electron chi connectivity index (χ0n) is 13.6. The maximum Gasteiger partial charge on any atom is 0.339 e. The topological polar surface area (TPSA) is 88.8 Å². The predicted octanol–water partition coefficient (Wildman–Crippen LogP) is 2.94. The van der Waals surface area contributed by atoms with Crippen molar-refractivity contribution in [3.05, 3.63) is 58.5 Å². The van der Waals surface area contributed by atoms with E-state index in [9.17, 15) is 18.4 Å². The molecule has 1 unspecified atom stereocenters. The van der Waals surface area contributed by atoms with E-state index >= 15 is 0 Å². The standard InChI is InChI=1S/C17H17F2NO5/c1-3-14-10(17(22)23)7-15(25-14)16(21)20-13(8-24-2)9-4-5-11(18)12(19)6-9/h4-7,13H,3,8H2,1-2H3,(H,20,21)(H,22,23). The molecule has 1 aromatic heterocycles. The maximum atomic E-state index is 13.4. The second kappa shape index (κ2) is 7.89. The molecule has 1 amide bonds. The number of amides is 1. The number of hydrogen-bond donors (Lipinski definition) is 2. The quantitative estimate of drug-likeness (QED) is 0.799. The van der Waals surface area contributed by atoms with E-state index in [4.69, 9.17) is 14.3 Å². The summed E-state index contributed by atoms with van der Waals surface area (Å²) in [5.41, 5.74) is 0.207. The van der Waals surface area contributed by atoms with E-state index in [1.54, 1.807) is 6.92 Å². The van der Waals surface area contributed by atoms with Crippen LogP contribution in [0.3, 0.4) is 0 Å². The van der Waals surface area contributed by atoms with Crippen molar-refractivity contribution in [3.63, 3.8) is 0 Å². The minimum atomic E-state index is -1.20. The van der Waals surface area contributed by atoms with Gasteiger partial charge >= 0.3 is 5.97 Å². The molecular formula is C17H17F2NO5. The molecular weight excluding hydrogens is 336 g/mol. The fraction of sp³-hybridized carbons (Fsp3) is 0.294. The highest BCUT2D eigenvalue weighted by Gasteiger charge is 2.23. The van der Waals surface area contributed by atoms with E-state index in [1.165, 1.54) is 13.2 Å². The number of nitrogens with one attached hydrogen (secondary N) is 1. The lowest BCUT2D eigenvalue weighted by molar-refractivity contribution is 0.0694. The first-order valence-electron chi connectivity index (χ1n) is 7.48. The molecule has 1 aromatic carbocycles. The highest BCUT2D eigenvalue weighted by Crippen LogP contribution is 2.20. The minimum absolute atomic E-state index is 0.00391. The number of rotatable bonds is 7. The summed E-state index contributed by atoms with van der Waals surface area (Å²) in [7, 11) is 1.39. The van der Waals surface area contributed by atoms with E-state index < -0.39 is 29.6 Å². The number of aromatic carboxylic acids is 1. The Morgan fingerprint density at radius 3 is 2.52 bits per heavy atom. The summed E-state index contributed by atoms with van der Waals surface area (Å²) in [6.07, 6.45) is 0.305. The SMILES string of the molecule is CCc1oc(C(=O)NC(COC)c2ccc(F)c(F)c2)cc1C(=O)O. The number of benzene rings is 1. The molecule has 1 heterocycles. The molecule has 8 heteroatoms. The summed E-state index contributed by atoms with van der Waals surface area (Å²) in [5.74, 6) is -3.95. The maximum absolute atomic E-state index is 13.4. The van der Waals surface area contributed by atoms with Gasteiger partial charge in [0.25, 0.3) is 5.91 Å². The van der Waals surface area contributed by atoms with Gasteiger partial charge in [0.2, 0.25) is 0 Å². The molecule has 0 fully saturated rings. The lowest BCUT2D eigenvalue weighted by atomic mass is 10.1. The number of methoxy groups -OCH3 is 1. The Morgan fingerprint density at radius 1 is 1.28 bits per heavy atom. The van der Waals surface area contributed by atoms with Gasteiger partial charge in [-0.1, -0.05) is 13.0 Å². The zero-order chi connectivity index (χ0) is 18.6. The van der Waals surface area contributed by atoms with Gasteiger partial charge in [-0.15, -0.1) is 0 Å². The molecule has 0 radical (unpaired) electrons. The minimum Gasteiger partial charge on any atom is -0.478 e. The average molecular weight is 353 g/mol. The van der Waals surface area contributed by atoms with Crippen molar-refractivity contribution in [3.8, 4) is 0 Å². The largest absolute Gasteiger partial charge is 0.478 e. The van der Waals surface area contributed by atoms with Crippen LogP contribution in [0.2, 0.25) is 0 Å². The van der Waals surface area contributed by atoms with Crippen LogP contribution in [0.5, 0.6) is 0 Å². The summed E-state index contributed by atoms with van der Waals surface area (Å²) in [5, 5.41) is 11.7. The molecule has 2 N–H and O–H groups in total. The Morgan fingerprint density at radius 2 is 2.00 bits per heavy atom. The Labute approximate surface area is 142 Å².